The van der Waals surface area contributed by atoms with Crippen molar-refractivity contribution in [3.63, 3.8) is 0 Å². The molecule has 0 saturated heterocycles. The number of aromatic nitrogens is 1. The van der Waals surface area contributed by atoms with Gasteiger partial charge < -0.3 is 19.0 Å². The summed E-state index contributed by atoms with van der Waals surface area (Å²) in [5.74, 6) is 0.0263. The van der Waals surface area contributed by atoms with Gasteiger partial charge in [0.05, 0.1) is 7.11 Å². The quantitative estimate of drug-likeness (QED) is 0.400. The lowest BCUT2D eigenvalue weighted by Gasteiger charge is -2.10. The van der Waals surface area contributed by atoms with E-state index in [0.717, 1.165) is 13.0 Å². The molecule has 0 aliphatic carbocycles. The van der Waals surface area contributed by atoms with Crippen molar-refractivity contribution in [1.29, 1.82) is 0 Å². The van der Waals surface area contributed by atoms with Crippen molar-refractivity contribution in [3.8, 4) is 5.75 Å². The fraction of sp³-hybridized carbons (Fsp3) is 0.217. The molecule has 0 atom stereocenters. The van der Waals surface area contributed by atoms with Crippen LogP contribution in [0, 0.1) is 6.92 Å². The Balaban J connectivity index is 1.44. The van der Waals surface area contributed by atoms with Gasteiger partial charge in [0.2, 0.25) is 0 Å². The SMILES string of the molecule is COc1cccc2cc(C(=O)NCCCn3c(C)cc4ccccc43)c(=O)oc12. The summed E-state index contributed by atoms with van der Waals surface area (Å²) >= 11 is 0. The summed E-state index contributed by atoms with van der Waals surface area (Å²) in [7, 11) is 1.51. The van der Waals surface area contributed by atoms with Gasteiger partial charge in [0.15, 0.2) is 11.3 Å². The lowest BCUT2D eigenvalue weighted by molar-refractivity contribution is 0.0949. The van der Waals surface area contributed by atoms with Crippen LogP contribution in [0.1, 0.15) is 22.5 Å². The van der Waals surface area contributed by atoms with E-state index in [4.69, 9.17) is 9.15 Å². The molecule has 0 aliphatic rings. The Morgan fingerprint density at radius 1 is 1.10 bits per heavy atom. The van der Waals surface area contributed by atoms with E-state index in [2.05, 4.69) is 35.0 Å². The molecule has 0 radical (unpaired) electrons. The molecule has 4 aromatic rings. The highest BCUT2D eigenvalue weighted by Gasteiger charge is 2.15. The molecule has 2 aromatic carbocycles. The lowest BCUT2D eigenvalue weighted by atomic mass is 10.1. The second-order valence-corrected chi connectivity index (χ2v) is 6.93. The van der Waals surface area contributed by atoms with Crippen LogP contribution in [0.4, 0.5) is 0 Å². The number of carbonyl (C=O) groups is 1. The second kappa shape index (κ2) is 7.83. The van der Waals surface area contributed by atoms with Gasteiger partial charge in [-0.3, -0.25) is 4.79 Å². The lowest BCUT2D eigenvalue weighted by Crippen LogP contribution is -2.29. The number of nitrogens with zero attached hydrogens (tertiary/aromatic N) is 1. The zero-order valence-corrected chi connectivity index (χ0v) is 16.4. The number of hydrogen-bond donors (Lipinski definition) is 1. The maximum absolute atomic E-state index is 12.5. The number of carbonyl (C=O) groups excluding carboxylic acids is 1. The van der Waals surface area contributed by atoms with E-state index in [-0.39, 0.29) is 5.56 Å². The molecule has 6 nitrogen and oxygen atoms in total. The Bertz CT molecular complexity index is 1250. The number of nitrogens with one attached hydrogen (secondary N) is 1. The Kier molecular flexibility index (Phi) is 5.08. The van der Waals surface area contributed by atoms with Crippen LogP contribution in [-0.4, -0.2) is 24.1 Å². The zero-order valence-electron chi connectivity index (χ0n) is 16.4. The molecule has 0 bridgehead atoms. The average molecular weight is 390 g/mol. The Hall–Kier alpha value is -3.54. The molecule has 2 aromatic heterocycles. The van der Waals surface area contributed by atoms with Crippen molar-refractivity contribution in [3.05, 3.63) is 76.3 Å². The third-order valence-electron chi connectivity index (χ3n) is 5.05. The molecule has 0 saturated carbocycles. The van der Waals surface area contributed by atoms with Gasteiger partial charge in [-0.15, -0.1) is 0 Å². The number of ether oxygens (including phenoxy) is 1. The van der Waals surface area contributed by atoms with E-state index in [1.54, 1.807) is 24.3 Å². The molecule has 0 fully saturated rings. The van der Waals surface area contributed by atoms with Gasteiger partial charge in [0.25, 0.3) is 5.91 Å². The van der Waals surface area contributed by atoms with Crippen LogP contribution in [0.2, 0.25) is 0 Å². The summed E-state index contributed by atoms with van der Waals surface area (Å²) in [5.41, 5.74) is 2.02. The number of methoxy groups -OCH3 is 1. The van der Waals surface area contributed by atoms with E-state index in [1.165, 1.54) is 23.7 Å². The molecule has 0 unspecified atom stereocenters. The van der Waals surface area contributed by atoms with Gasteiger partial charge in [-0.2, -0.15) is 0 Å². The van der Waals surface area contributed by atoms with E-state index < -0.39 is 11.5 Å². The maximum Gasteiger partial charge on any atom is 0.349 e. The first-order chi connectivity index (χ1) is 14.1. The summed E-state index contributed by atoms with van der Waals surface area (Å²) in [6, 6.07) is 17.2. The molecule has 29 heavy (non-hydrogen) atoms. The van der Waals surface area contributed by atoms with Crippen molar-refractivity contribution < 1.29 is 13.9 Å². The number of para-hydroxylation sites is 2. The highest BCUT2D eigenvalue weighted by atomic mass is 16.5. The number of rotatable bonds is 6. The van der Waals surface area contributed by atoms with E-state index in [9.17, 15) is 9.59 Å². The van der Waals surface area contributed by atoms with Crippen LogP contribution in [0.15, 0.2) is 63.8 Å². The van der Waals surface area contributed by atoms with Crippen molar-refractivity contribution in [1.82, 2.24) is 9.88 Å². The summed E-state index contributed by atoms with van der Waals surface area (Å²) in [6.07, 6.45) is 0.748. The van der Waals surface area contributed by atoms with E-state index in [0.29, 0.717) is 23.3 Å². The van der Waals surface area contributed by atoms with Crippen LogP contribution in [0.5, 0.6) is 5.75 Å². The molecule has 0 spiro atoms. The van der Waals surface area contributed by atoms with Crippen molar-refractivity contribution >= 4 is 27.8 Å². The summed E-state index contributed by atoms with van der Waals surface area (Å²) in [4.78, 5) is 24.8. The minimum atomic E-state index is -0.674. The Morgan fingerprint density at radius 2 is 1.90 bits per heavy atom. The Labute approximate surface area is 167 Å². The third kappa shape index (κ3) is 3.61. The minimum absolute atomic E-state index is 0.00616. The number of fused-ring (bicyclic) bond motifs is 2. The van der Waals surface area contributed by atoms with Crippen LogP contribution >= 0.6 is 0 Å². The molecule has 6 heteroatoms. The summed E-state index contributed by atoms with van der Waals surface area (Å²) in [6.45, 7) is 3.32. The van der Waals surface area contributed by atoms with E-state index >= 15 is 0 Å². The number of amides is 1. The second-order valence-electron chi connectivity index (χ2n) is 6.93. The van der Waals surface area contributed by atoms with Crippen LogP contribution < -0.4 is 15.7 Å². The molecule has 1 N–H and O–H groups in total. The predicted octanol–water partition coefficient (Wildman–Crippen LogP) is 3.88. The monoisotopic (exact) mass is 390 g/mol. The highest BCUT2D eigenvalue weighted by Crippen LogP contribution is 2.24. The molecular formula is C23H22N2O4. The summed E-state index contributed by atoms with van der Waals surface area (Å²) in [5, 5.41) is 4.67. The van der Waals surface area contributed by atoms with Gasteiger partial charge in [-0.05, 0) is 43.0 Å². The smallest absolute Gasteiger partial charge is 0.349 e. The van der Waals surface area contributed by atoms with Crippen molar-refractivity contribution in [2.45, 2.75) is 19.9 Å². The first kappa shape index (κ1) is 18.8. The first-order valence-corrected chi connectivity index (χ1v) is 9.52. The minimum Gasteiger partial charge on any atom is -0.493 e. The zero-order chi connectivity index (χ0) is 20.4. The molecule has 1 amide bonds. The van der Waals surface area contributed by atoms with Gasteiger partial charge in [0.1, 0.15) is 5.56 Å². The predicted molar refractivity (Wildman–Crippen MR) is 113 cm³/mol. The van der Waals surface area contributed by atoms with Crippen molar-refractivity contribution in [2.75, 3.05) is 13.7 Å². The fourth-order valence-corrected chi connectivity index (χ4v) is 3.62. The highest BCUT2D eigenvalue weighted by molar-refractivity contribution is 5.97. The molecule has 4 rings (SSSR count). The standard InChI is InChI=1S/C23H22N2O4/c1-15-13-16-7-3-4-9-19(16)25(15)12-6-11-24-22(26)18-14-17-8-5-10-20(28-2)21(17)29-23(18)27/h3-5,7-10,13-14H,6,11-12H2,1-2H3,(H,24,26). The normalized spacial score (nSPS) is 11.1. The molecular weight excluding hydrogens is 368 g/mol. The maximum atomic E-state index is 12.5. The summed E-state index contributed by atoms with van der Waals surface area (Å²) < 4.78 is 12.8. The number of benzene rings is 2. The van der Waals surface area contributed by atoms with Crippen molar-refractivity contribution in [2.24, 2.45) is 0 Å². The van der Waals surface area contributed by atoms with Crippen LogP contribution in [0.3, 0.4) is 0 Å². The van der Waals surface area contributed by atoms with Crippen LogP contribution in [-0.2, 0) is 6.54 Å². The number of hydrogen-bond acceptors (Lipinski definition) is 4. The average Bonchev–Trinajstić information content (AvgIpc) is 3.05. The van der Waals surface area contributed by atoms with E-state index in [1.807, 2.05) is 12.1 Å². The Morgan fingerprint density at radius 3 is 2.72 bits per heavy atom. The van der Waals surface area contributed by atoms with Gasteiger partial charge in [-0.1, -0.05) is 30.3 Å². The molecule has 2 heterocycles. The first-order valence-electron chi connectivity index (χ1n) is 9.52. The number of aryl methyl sites for hydroxylation is 2. The topological polar surface area (TPSA) is 73.5 Å². The largest absolute Gasteiger partial charge is 0.493 e. The van der Waals surface area contributed by atoms with Gasteiger partial charge >= 0.3 is 5.63 Å². The fourth-order valence-electron chi connectivity index (χ4n) is 3.62. The van der Waals surface area contributed by atoms with Gasteiger partial charge in [0, 0.05) is 29.7 Å². The van der Waals surface area contributed by atoms with Crippen LogP contribution in [0.25, 0.3) is 21.9 Å². The third-order valence-corrected chi connectivity index (χ3v) is 5.05. The van der Waals surface area contributed by atoms with Gasteiger partial charge in [-0.25, -0.2) is 4.79 Å². The molecule has 148 valence electrons. The molecule has 0 aliphatic heterocycles.